The molecule has 78 valence electrons. The predicted molar refractivity (Wildman–Crippen MR) is 56.0 cm³/mol. The summed E-state index contributed by atoms with van der Waals surface area (Å²) in [5.41, 5.74) is 0. The molecule has 2 heteroatoms. The van der Waals surface area contributed by atoms with Crippen molar-refractivity contribution < 1.29 is 4.74 Å². The third kappa shape index (κ3) is 3.65. The van der Waals surface area contributed by atoms with E-state index in [4.69, 9.17) is 4.74 Å². The lowest BCUT2D eigenvalue weighted by Crippen LogP contribution is -2.40. The average molecular weight is 185 g/mol. The summed E-state index contributed by atoms with van der Waals surface area (Å²) in [5.74, 6) is 0. The van der Waals surface area contributed by atoms with Crippen LogP contribution in [0.5, 0.6) is 0 Å². The number of rotatable bonds is 4. The molecule has 0 spiro atoms. The van der Waals surface area contributed by atoms with Gasteiger partial charge >= 0.3 is 0 Å². The van der Waals surface area contributed by atoms with Crippen molar-refractivity contribution in [1.82, 2.24) is 4.90 Å². The maximum absolute atomic E-state index is 5.73. The van der Waals surface area contributed by atoms with Gasteiger partial charge in [0.2, 0.25) is 0 Å². The largest absolute Gasteiger partial charge is 0.378 e. The van der Waals surface area contributed by atoms with E-state index in [2.05, 4.69) is 25.7 Å². The SMILES string of the molecule is CCCOC1CCN(C(C)C)CC1. The van der Waals surface area contributed by atoms with Gasteiger partial charge in [0.1, 0.15) is 0 Å². The van der Waals surface area contributed by atoms with Crippen LogP contribution in [0, 0.1) is 0 Å². The van der Waals surface area contributed by atoms with Crippen LogP contribution in [0.4, 0.5) is 0 Å². The predicted octanol–water partition coefficient (Wildman–Crippen LogP) is 2.29. The Morgan fingerprint density at radius 1 is 1.31 bits per heavy atom. The van der Waals surface area contributed by atoms with Crippen LogP contribution >= 0.6 is 0 Å². The third-order valence-corrected chi connectivity index (χ3v) is 2.76. The zero-order chi connectivity index (χ0) is 9.68. The molecule has 0 atom stereocenters. The van der Waals surface area contributed by atoms with Gasteiger partial charge in [0.25, 0.3) is 0 Å². The van der Waals surface area contributed by atoms with E-state index in [0.29, 0.717) is 12.1 Å². The number of ether oxygens (including phenoxy) is 1. The van der Waals surface area contributed by atoms with Gasteiger partial charge in [-0.15, -0.1) is 0 Å². The third-order valence-electron chi connectivity index (χ3n) is 2.76. The molecule has 1 aliphatic heterocycles. The molecule has 0 bridgehead atoms. The highest BCUT2D eigenvalue weighted by Crippen LogP contribution is 2.15. The summed E-state index contributed by atoms with van der Waals surface area (Å²) in [6.45, 7) is 10.1. The van der Waals surface area contributed by atoms with Crippen LogP contribution in [-0.4, -0.2) is 36.7 Å². The highest BCUT2D eigenvalue weighted by Gasteiger charge is 2.20. The standard InChI is InChI=1S/C11H23NO/c1-4-9-13-11-5-7-12(8-6-11)10(2)3/h10-11H,4-9H2,1-3H3. The molecule has 0 amide bonds. The van der Waals surface area contributed by atoms with E-state index in [1.807, 2.05) is 0 Å². The second-order valence-corrected chi connectivity index (χ2v) is 4.20. The highest BCUT2D eigenvalue weighted by molar-refractivity contribution is 4.74. The van der Waals surface area contributed by atoms with Gasteiger partial charge in [-0.2, -0.15) is 0 Å². The van der Waals surface area contributed by atoms with E-state index in [1.165, 1.54) is 25.9 Å². The fraction of sp³-hybridized carbons (Fsp3) is 1.00. The summed E-state index contributed by atoms with van der Waals surface area (Å²) in [7, 11) is 0. The molecule has 0 aromatic heterocycles. The number of hydrogen-bond acceptors (Lipinski definition) is 2. The van der Waals surface area contributed by atoms with Crippen LogP contribution in [-0.2, 0) is 4.74 Å². The highest BCUT2D eigenvalue weighted by atomic mass is 16.5. The van der Waals surface area contributed by atoms with Crippen molar-refractivity contribution in [2.45, 2.75) is 52.2 Å². The smallest absolute Gasteiger partial charge is 0.0599 e. The van der Waals surface area contributed by atoms with E-state index < -0.39 is 0 Å². The first-order chi connectivity index (χ1) is 6.24. The number of hydrogen-bond donors (Lipinski definition) is 0. The Morgan fingerprint density at radius 2 is 1.92 bits per heavy atom. The molecule has 0 N–H and O–H groups in total. The van der Waals surface area contributed by atoms with Gasteiger partial charge in [0.05, 0.1) is 6.10 Å². The lowest BCUT2D eigenvalue weighted by atomic mass is 10.1. The number of nitrogens with zero attached hydrogens (tertiary/aromatic N) is 1. The lowest BCUT2D eigenvalue weighted by Gasteiger charge is -2.34. The van der Waals surface area contributed by atoms with Crippen molar-refractivity contribution in [2.75, 3.05) is 19.7 Å². The summed E-state index contributed by atoms with van der Waals surface area (Å²) in [6, 6.07) is 0.701. The molecule has 0 aromatic carbocycles. The number of likely N-dealkylation sites (tertiary alicyclic amines) is 1. The molecule has 0 saturated carbocycles. The summed E-state index contributed by atoms with van der Waals surface area (Å²) in [5, 5.41) is 0. The van der Waals surface area contributed by atoms with Crippen LogP contribution in [0.2, 0.25) is 0 Å². The van der Waals surface area contributed by atoms with Crippen LogP contribution in [0.3, 0.4) is 0 Å². The van der Waals surface area contributed by atoms with Gasteiger partial charge in [0, 0.05) is 25.7 Å². The fourth-order valence-corrected chi connectivity index (χ4v) is 1.84. The Hall–Kier alpha value is -0.0800. The molecule has 1 aliphatic rings. The first-order valence-corrected chi connectivity index (χ1v) is 5.59. The van der Waals surface area contributed by atoms with E-state index >= 15 is 0 Å². The van der Waals surface area contributed by atoms with Crippen LogP contribution in [0.25, 0.3) is 0 Å². The van der Waals surface area contributed by atoms with Gasteiger partial charge in [-0.1, -0.05) is 6.92 Å². The second kappa shape index (κ2) is 5.61. The van der Waals surface area contributed by atoms with Crippen LogP contribution in [0.15, 0.2) is 0 Å². The molecule has 1 fully saturated rings. The molecule has 2 nitrogen and oxygen atoms in total. The van der Waals surface area contributed by atoms with Gasteiger partial charge in [-0.05, 0) is 33.1 Å². The van der Waals surface area contributed by atoms with Gasteiger partial charge in [-0.3, -0.25) is 0 Å². The van der Waals surface area contributed by atoms with Crippen molar-refractivity contribution in [3.8, 4) is 0 Å². The van der Waals surface area contributed by atoms with E-state index in [9.17, 15) is 0 Å². The Bertz CT molecular complexity index is 128. The van der Waals surface area contributed by atoms with E-state index in [1.54, 1.807) is 0 Å². The van der Waals surface area contributed by atoms with E-state index in [0.717, 1.165) is 13.0 Å². The molecule has 0 aliphatic carbocycles. The summed E-state index contributed by atoms with van der Waals surface area (Å²) >= 11 is 0. The minimum absolute atomic E-state index is 0.537. The maximum Gasteiger partial charge on any atom is 0.0599 e. The topological polar surface area (TPSA) is 12.5 Å². The summed E-state index contributed by atoms with van der Waals surface area (Å²) < 4.78 is 5.73. The second-order valence-electron chi connectivity index (χ2n) is 4.20. The Morgan fingerprint density at radius 3 is 2.38 bits per heavy atom. The van der Waals surface area contributed by atoms with E-state index in [-0.39, 0.29) is 0 Å². The van der Waals surface area contributed by atoms with Crippen molar-refractivity contribution in [1.29, 1.82) is 0 Å². The van der Waals surface area contributed by atoms with Crippen molar-refractivity contribution >= 4 is 0 Å². The monoisotopic (exact) mass is 185 g/mol. The Labute approximate surface area is 82.3 Å². The first kappa shape index (κ1) is 11.0. The summed E-state index contributed by atoms with van der Waals surface area (Å²) in [4.78, 5) is 2.53. The molecule has 1 heterocycles. The van der Waals surface area contributed by atoms with Crippen LogP contribution < -0.4 is 0 Å². The average Bonchev–Trinajstić information content (AvgIpc) is 2.15. The quantitative estimate of drug-likeness (QED) is 0.666. The molecule has 0 unspecified atom stereocenters. The normalized spacial score (nSPS) is 21.2. The van der Waals surface area contributed by atoms with Crippen molar-refractivity contribution in [3.63, 3.8) is 0 Å². The number of piperidine rings is 1. The zero-order valence-corrected chi connectivity index (χ0v) is 9.25. The van der Waals surface area contributed by atoms with Crippen molar-refractivity contribution in [3.05, 3.63) is 0 Å². The summed E-state index contributed by atoms with van der Waals surface area (Å²) in [6.07, 6.45) is 4.12. The molecular weight excluding hydrogens is 162 g/mol. The van der Waals surface area contributed by atoms with Gasteiger partial charge in [-0.25, -0.2) is 0 Å². The van der Waals surface area contributed by atoms with Gasteiger partial charge < -0.3 is 9.64 Å². The molecular formula is C11H23NO. The molecule has 0 aromatic rings. The minimum Gasteiger partial charge on any atom is -0.378 e. The van der Waals surface area contributed by atoms with Gasteiger partial charge in [0.15, 0.2) is 0 Å². The molecule has 1 saturated heterocycles. The van der Waals surface area contributed by atoms with Crippen LogP contribution in [0.1, 0.15) is 40.0 Å². The fourth-order valence-electron chi connectivity index (χ4n) is 1.84. The minimum atomic E-state index is 0.537. The molecule has 0 radical (unpaired) electrons. The van der Waals surface area contributed by atoms with Crippen molar-refractivity contribution in [2.24, 2.45) is 0 Å². The molecule has 13 heavy (non-hydrogen) atoms. The molecule has 1 rings (SSSR count). The first-order valence-electron chi connectivity index (χ1n) is 5.59. The Balaban J connectivity index is 2.15. The lowest BCUT2D eigenvalue weighted by molar-refractivity contribution is 0.00174. The zero-order valence-electron chi connectivity index (χ0n) is 9.25. The maximum atomic E-state index is 5.73. The Kier molecular flexibility index (Phi) is 4.74.